The summed E-state index contributed by atoms with van der Waals surface area (Å²) in [5.41, 5.74) is 5.57. The van der Waals surface area contributed by atoms with Crippen LogP contribution in [0.4, 0.5) is 0 Å². The Morgan fingerprint density at radius 3 is 2.03 bits per heavy atom. The largest absolute Gasteiger partial charge is 0.394 e. The fraction of sp³-hybridized carbons (Fsp3) is 0.913. The zero-order chi connectivity index (χ0) is 20.5. The van der Waals surface area contributed by atoms with Gasteiger partial charge in [0, 0.05) is 0 Å². The molecule has 2 aliphatic carbocycles. The molecule has 1 aliphatic heterocycles. The lowest BCUT2D eigenvalue weighted by molar-refractivity contribution is -0.132. The summed E-state index contributed by atoms with van der Waals surface area (Å²) in [6.07, 6.45) is 17.0. The van der Waals surface area contributed by atoms with E-state index in [4.69, 9.17) is 20.6 Å². The molecule has 1 amide bonds. The molecular weight excluding hydrogens is 366 g/mol. The molecule has 0 spiro atoms. The summed E-state index contributed by atoms with van der Waals surface area (Å²) in [5, 5.41) is 8.88. The first-order chi connectivity index (χ1) is 14.1. The summed E-state index contributed by atoms with van der Waals surface area (Å²) in [6, 6.07) is 0. The van der Waals surface area contributed by atoms with Gasteiger partial charge in [-0.25, -0.2) is 4.99 Å². The van der Waals surface area contributed by atoms with Gasteiger partial charge in [-0.1, -0.05) is 64.2 Å². The third kappa shape index (κ3) is 6.17. The van der Waals surface area contributed by atoms with Crippen molar-refractivity contribution in [1.82, 2.24) is 4.90 Å². The second-order valence-corrected chi connectivity index (χ2v) is 9.38. The maximum absolute atomic E-state index is 13.5. The molecule has 6 nitrogen and oxygen atoms in total. The molecule has 166 valence electrons. The summed E-state index contributed by atoms with van der Waals surface area (Å²) < 4.78 is 5.37. The maximum atomic E-state index is 13.5. The zero-order valence-corrected chi connectivity index (χ0v) is 18.1. The molecule has 3 N–H and O–H groups in total. The van der Waals surface area contributed by atoms with Gasteiger partial charge in [0.15, 0.2) is 5.96 Å². The fourth-order valence-electron chi connectivity index (χ4n) is 5.51. The van der Waals surface area contributed by atoms with Gasteiger partial charge in [0.25, 0.3) is 5.91 Å². The smallest absolute Gasteiger partial charge is 0.257 e. The highest BCUT2D eigenvalue weighted by Crippen LogP contribution is 2.38. The second-order valence-electron chi connectivity index (χ2n) is 9.38. The quantitative estimate of drug-likeness (QED) is 0.512. The SMILES string of the molecule is NC1=NC(CCC2CCCCC2)(CCC2CCCCC2)C(=O)N1CCOCCO. The van der Waals surface area contributed by atoms with Gasteiger partial charge < -0.3 is 15.6 Å². The molecule has 6 heteroatoms. The molecule has 0 aromatic carbocycles. The Balaban J connectivity index is 1.63. The molecular formula is C23H41N3O3. The van der Waals surface area contributed by atoms with Crippen molar-refractivity contribution in [3.05, 3.63) is 0 Å². The number of guanidine groups is 1. The van der Waals surface area contributed by atoms with Crippen LogP contribution >= 0.6 is 0 Å². The van der Waals surface area contributed by atoms with E-state index in [9.17, 15) is 4.79 Å². The lowest BCUT2D eigenvalue weighted by Gasteiger charge is -2.31. The van der Waals surface area contributed by atoms with Crippen LogP contribution in [0.2, 0.25) is 0 Å². The van der Waals surface area contributed by atoms with Crippen LogP contribution in [0.25, 0.3) is 0 Å². The summed E-state index contributed by atoms with van der Waals surface area (Å²) in [6.45, 7) is 1.07. The first-order valence-corrected chi connectivity index (χ1v) is 12.0. The first kappa shape index (κ1) is 22.5. The number of hydrogen-bond acceptors (Lipinski definition) is 5. The van der Waals surface area contributed by atoms with E-state index in [0.29, 0.717) is 19.1 Å². The highest BCUT2D eigenvalue weighted by Gasteiger charge is 2.47. The number of aliphatic hydroxyl groups is 1. The van der Waals surface area contributed by atoms with Crippen LogP contribution in [-0.4, -0.2) is 53.8 Å². The average molecular weight is 408 g/mol. The number of nitrogens with two attached hydrogens (primary N) is 1. The van der Waals surface area contributed by atoms with Crippen LogP contribution in [-0.2, 0) is 9.53 Å². The van der Waals surface area contributed by atoms with Crippen molar-refractivity contribution in [2.24, 2.45) is 22.6 Å². The Morgan fingerprint density at radius 2 is 1.52 bits per heavy atom. The van der Waals surface area contributed by atoms with Gasteiger partial charge in [-0.05, 0) is 37.5 Å². The predicted molar refractivity (Wildman–Crippen MR) is 116 cm³/mol. The molecule has 0 saturated heterocycles. The molecule has 0 bridgehead atoms. The van der Waals surface area contributed by atoms with E-state index < -0.39 is 5.54 Å². The summed E-state index contributed by atoms with van der Waals surface area (Å²) in [4.78, 5) is 19.9. The molecule has 2 fully saturated rings. The Labute approximate surface area is 176 Å². The fourth-order valence-corrected chi connectivity index (χ4v) is 5.51. The number of aliphatic hydroxyl groups excluding tert-OH is 1. The highest BCUT2D eigenvalue weighted by atomic mass is 16.5. The van der Waals surface area contributed by atoms with E-state index in [1.54, 1.807) is 4.90 Å². The van der Waals surface area contributed by atoms with Gasteiger partial charge in [-0.15, -0.1) is 0 Å². The van der Waals surface area contributed by atoms with E-state index in [1.807, 2.05) is 0 Å². The standard InChI is InChI=1S/C23H41N3O3/c24-22-25-23(13-11-19-7-3-1-4-8-19,14-12-20-9-5-2-6-10-20)21(28)26(22)15-17-29-18-16-27/h19-20,27H,1-18H2,(H2,24,25). The van der Waals surface area contributed by atoms with Crippen LogP contribution in [0.15, 0.2) is 4.99 Å². The minimum absolute atomic E-state index is 0.00969. The monoisotopic (exact) mass is 407 g/mol. The summed E-state index contributed by atoms with van der Waals surface area (Å²) in [7, 11) is 0. The van der Waals surface area contributed by atoms with Crippen molar-refractivity contribution in [1.29, 1.82) is 0 Å². The molecule has 29 heavy (non-hydrogen) atoms. The molecule has 2 saturated carbocycles. The van der Waals surface area contributed by atoms with Crippen molar-refractivity contribution in [3.63, 3.8) is 0 Å². The van der Waals surface area contributed by atoms with E-state index in [0.717, 1.165) is 37.5 Å². The van der Waals surface area contributed by atoms with E-state index >= 15 is 0 Å². The number of hydrogen-bond donors (Lipinski definition) is 2. The Bertz CT molecular complexity index is 517. The molecule has 1 heterocycles. The van der Waals surface area contributed by atoms with Crippen LogP contribution in [0.5, 0.6) is 0 Å². The lowest BCUT2D eigenvalue weighted by Crippen LogP contribution is -2.46. The number of carbonyl (C=O) groups excluding carboxylic acids is 1. The van der Waals surface area contributed by atoms with Gasteiger partial charge in [0.05, 0.1) is 26.4 Å². The first-order valence-electron chi connectivity index (χ1n) is 12.0. The summed E-state index contributed by atoms with van der Waals surface area (Å²) in [5.74, 6) is 1.91. The topological polar surface area (TPSA) is 88.2 Å². The third-order valence-electron chi connectivity index (χ3n) is 7.33. The van der Waals surface area contributed by atoms with E-state index in [2.05, 4.69) is 0 Å². The minimum Gasteiger partial charge on any atom is -0.394 e. The van der Waals surface area contributed by atoms with E-state index in [-0.39, 0.29) is 19.1 Å². The summed E-state index contributed by atoms with van der Waals surface area (Å²) >= 11 is 0. The van der Waals surface area contributed by atoms with Crippen LogP contribution in [0, 0.1) is 11.8 Å². The average Bonchev–Trinajstić information content (AvgIpc) is 3.00. The second kappa shape index (κ2) is 11.3. The normalized spacial score (nSPS) is 23.6. The van der Waals surface area contributed by atoms with E-state index in [1.165, 1.54) is 64.2 Å². The number of rotatable bonds is 11. The van der Waals surface area contributed by atoms with Crippen molar-refractivity contribution < 1.29 is 14.6 Å². The minimum atomic E-state index is -0.657. The lowest BCUT2D eigenvalue weighted by atomic mass is 9.77. The molecule has 3 rings (SSSR count). The molecule has 0 aromatic heterocycles. The molecule has 0 aromatic rings. The van der Waals surface area contributed by atoms with Gasteiger partial charge in [-0.3, -0.25) is 9.69 Å². The number of ether oxygens (including phenoxy) is 1. The molecule has 0 atom stereocenters. The highest BCUT2D eigenvalue weighted by molar-refractivity contribution is 6.06. The van der Waals surface area contributed by atoms with Gasteiger partial charge in [0.2, 0.25) is 0 Å². The van der Waals surface area contributed by atoms with Crippen molar-refractivity contribution in [2.45, 2.75) is 95.4 Å². The Kier molecular flexibility index (Phi) is 8.79. The van der Waals surface area contributed by atoms with Crippen LogP contribution in [0.1, 0.15) is 89.9 Å². The molecule has 3 aliphatic rings. The number of nitrogens with zero attached hydrogens (tertiary/aromatic N) is 2. The van der Waals surface area contributed by atoms with Crippen LogP contribution < -0.4 is 5.73 Å². The van der Waals surface area contributed by atoms with Gasteiger partial charge in [-0.2, -0.15) is 0 Å². The zero-order valence-electron chi connectivity index (χ0n) is 18.1. The number of aliphatic imine (C=N–C) groups is 1. The number of amides is 1. The van der Waals surface area contributed by atoms with Crippen molar-refractivity contribution in [3.8, 4) is 0 Å². The van der Waals surface area contributed by atoms with Crippen LogP contribution in [0.3, 0.4) is 0 Å². The van der Waals surface area contributed by atoms with Gasteiger partial charge in [0.1, 0.15) is 5.54 Å². The Hall–Kier alpha value is -1.14. The molecule has 0 unspecified atom stereocenters. The number of carbonyl (C=O) groups is 1. The Morgan fingerprint density at radius 1 is 0.966 bits per heavy atom. The molecule has 0 radical (unpaired) electrons. The van der Waals surface area contributed by atoms with Crippen molar-refractivity contribution in [2.75, 3.05) is 26.4 Å². The predicted octanol–water partition coefficient (Wildman–Crippen LogP) is 3.61. The van der Waals surface area contributed by atoms with Crippen molar-refractivity contribution >= 4 is 11.9 Å². The maximum Gasteiger partial charge on any atom is 0.257 e. The van der Waals surface area contributed by atoms with Gasteiger partial charge >= 0.3 is 0 Å². The third-order valence-corrected chi connectivity index (χ3v) is 7.33.